The van der Waals surface area contributed by atoms with Gasteiger partial charge in [0, 0.05) is 18.0 Å². The third-order valence-electron chi connectivity index (χ3n) is 3.82. The van der Waals surface area contributed by atoms with Gasteiger partial charge in [-0.1, -0.05) is 18.2 Å². The number of aliphatic imine (C=N–C) groups is 2. The summed E-state index contributed by atoms with van der Waals surface area (Å²) in [5.74, 6) is 0.537. The number of nitrogens with one attached hydrogen (secondary N) is 1. The number of nitriles is 1. The van der Waals surface area contributed by atoms with Crippen molar-refractivity contribution in [3.05, 3.63) is 83.7 Å². The first kappa shape index (κ1) is 20.7. The van der Waals surface area contributed by atoms with Gasteiger partial charge in [-0.2, -0.15) is 5.26 Å². The van der Waals surface area contributed by atoms with Crippen LogP contribution in [-0.2, 0) is 0 Å². The van der Waals surface area contributed by atoms with E-state index in [0.29, 0.717) is 11.4 Å². The van der Waals surface area contributed by atoms with Crippen LogP contribution in [-0.4, -0.2) is 31.6 Å². The van der Waals surface area contributed by atoms with Gasteiger partial charge >= 0.3 is 0 Å². The van der Waals surface area contributed by atoms with Crippen LogP contribution in [0.1, 0.15) is 16.7 Å². The average molecular weight is 369 g/mol. The first-order chi connectivity index (χ1) is 13.6. The molecule has 0 saturated carbocycles. The number of nitrogens with zero attached hydrogens (tertiary/aromatic N) is 4. The minimum Gasteiger partial charge on any atom is -0.323 e. The van der Waals surface area contributed by atoms with E-state index < -0.39 is 0 Å². The fourth-order valence-electron chi connectivity index (χ4n) is 2.53. The van der Waals surface area contributed by atoms with Crippen molar-refractivity contribution in [2.75, 3.05) is 14.1 Å². The lowest BCUT2D eigenvalue weighted by atomic mass is 10.0. The Morgan fingerprint density at radius 3 is 2.43 bits per heavy atom. The van der Waals surface area contributed by atoms with Crippen LogP contribution in [0.4, 0.5) is 5.69 Å². The highest BCUT2D eigenvalue weighted by molar-refractivity contribution is 6.02. The molecule has 3 aromatic rings. The molecule has 3 rings (SSSR count). The van der Waals surface area contributed by atoms with E-state index in [1.165, 1.54) is 0 Å². The number of rotatable bonds is 3. The van der Waals surface area contributed by atoms with Crippen LogP contribution >= 0.6 is 0 Å². The number of amidine groups is 1. The summed E-state index contributed by atoms with van der Waals surface area (Å²) < 4.78 is 0. The van der Waals surface area contributed by atoms with E-state index >= 15 is 0 Å². The first-order valence-corrected chi connectivity index (χ1v) is 8.78. The molecule has 1 aromatic heterocycles. The monoisotopic (exact) mass is 369 g/mol. The zero-order valence-corrected chi connectivity index (χ0v) is 16.3. The third-order valence-corrected chi connectivity index (χ3v) is 3.82. The highest BCUT2D eigenvalue weighted by Crippen LogP contribution is 2.27. The predicted molar refractivity (Wildman–Crippen MR) is 116 cm³/mol. The maximum Gasteiger partial charge on any atom is 0.160 e. The van der Waals surface area contributed by atoms with Crippen molar-refractivity contribution in [3.8, 4) is 17.2 Å². The summed E-state index contributed by atoms with van der Waals surface area (Å²) >= 11 is 0. The van der Waals surface area contributed by atoms with Crippen molar-refractivity contribution < 1.29 is 0 Å². The maximum absolute atomic E-state index is 9.05. The summed E-state index contributed by atoms with van der Waals surface area (Å²) in [5.41, 5.74) is 5.36. The van der Waals surface area contributed by atoms with Gasteiger partial charge in [-0.15, -0.1) is 0 Å². The van der Waals surface area contributed by atoms with E-state index in [1.807, 2.05) is 63.5 Å². The number of aromatic nitrogens is 1. The summed E-state index contributed by atoms with van der Waals surface area (Å²) in [6.07, 6.45) is 3.42. The van der Waals surface area contributed by atoms with Crippen molar-refractivity contribution in [2.24, 2.45) is 9.98 Å². The summed E-state index contributed by atoms with van der Waals surface area (Å²) in [4.78, 5) is 12.7. The van der Waals surface area contributed by atoms with E-state index in [1.54, 1.807) is 18.5 Å². The maximum atomic E-state index is 9.05. The second kappa shape index (κ2) is 10.5. The van der Waals surface area contributed by atoms with Gasteiger partial charge in [0.25, 0.3) is 0 Å². The number of hydrogen-bond donors (Lipinski definition) is 1. The molecule has 0 unspecified atom stereocenters. The van der Waals surface area contributed by atoms with Gasteiger partial charge in [-0.05, 0) is 80.8 Å². The van der Waals surface area contributed by atoms with Crippen molar-refractivity contribution >= 4 is 18.2 Å². The molecule has 0 aliphatic carbocycles. The lowest BCUT2D eigenvalue weighted by molar-refractivity contribution is 1.02. The number of pyridine rings is 1. The fraction of sp³-hybridized carbons (Fsp3) is 0.130. The smallest absolute Gasteiger partial charge is 0.160 e. The minimum atomic E-state index is 0.537. The highest BCUT2D eigenvalue weighted by atomic mass is 14.9. The molecular weight excluding hydrogens is 346 g/mol. The van der Waals surface area contributed by atoms with Gasteiger partial charge < -0.3 is 5.32 Å². The summed E-state index contributed by atoms with van der Waals surface area (Å²) in [6, 6.07) is 19.5. The molecule has 5 nitrogen and oxygen atoms in total. The first-order valence-electron chi connectivity index (χ1n) is 8.78. The Kier molecular flexibility index (Phi) is 7.77. The van der Waals surface area contributed by atoms with E-state index in [2.05, 4.69) is 39.1 Å². The van der Waals surface area contributed by atoms with Crippen LogP contribution in [0.2, 0.25) is 0 Å². The quantitative estimate of drug-likeness (QED) is 0.544. The molecule has 0 spiro atoms. The molecule has 28 heavy (non-hydrogen) atoms. The minimum absolute atomic E-state index is 0.537. The van der Waals surface area contributed by atoms with Crippen molar-refractivity contribution in [1.29, 1.82) is 5.26 Å². The summed E-state index contributed by atoms with van der Waals surface area (Å²) in [7, 11) is 3.75. The molecule has 1 N–H and O–H groups in total. The molecule has 0 atom stereocenters. The molecule has 140 valence electrons. The molecule has 5 heteroatoms. The molecule has 0 amide bonds. The molecule has 0 saturated heterocycles. The van der Waals surface area contributed by atoms with Gasteiger partial charge in [0.1, 0.15) is 0 Å². The predicted octanol–water partition coefficient (Wildman–Crippen LogP) is 4.54. The number of hydrogen-bond acceptors (Lipinski definition) is 4. The van der Waals surface area contributed by atoms with Crippen molar-refractivity contribution in [2.45, 2.75) is 6.92 Å². The fourth-order valence-corrected chi connectivity index (χ4v) is 2.53. The largest absolute Gasteiger partial charge is 0.323 e. The highest BCUT2D eigenvalue weighted by Gasteiger charge is 2.06. The molecule has 2 aromatic carbocycles. The second-order valence-electron chi connectivity index (χ2n) is 6.03. The molecule has 0 aliphatic rings. The SMILES string of the molecule is C=NC(=Nc1ccc(-c2cccc(C#N)c2)cc1C)c1cccnc1.CNC. The van der Waals surface area contributed by atoms with Crippen molar-refractivity contribution in [1.82, 2.24) is 10.3 Å². The third kappa shape index (κ3) is 5.44. The summed E-state index contributed by atoms with van der Waals surface area (Å²) in [5, 5.41) is 11.8. The Bertz CT molecular complexity index is 1000. The molecule has 0 radical (unpaired) electrons. The average Bonchev–Trinajstić information content (AvgIpc) is 2.74. The topological polar surface area (TPSA) is 73.4 Å². The zero-order chi connectivity index (χ0) is 20.4. The van der Waals surface area contributed by atoms with E-state index in [0.717, 1.165) is 27.9 Å². The van der Waals surface area contributed by atoms with Gasteiger partial charge in [-0.3, -0.25) is 4.98 Å². The normalized spacial score (nSPS) is 10.4. The number of aryl methyl sites for hydroxylation is 1. The lowest BCUT2D eigenvalue weighted by Gasteiger charge is -2.07. The zero-order valence-electron chi connectivity index (χ0n) is 16.3. The Balaban J connectivity index is 0.000000878. The van der Waals surface area contributed by atoms with E-state index in [4.69, 9.17) is 5.26 Å². The van der Waals surface area contributed by atoms with Gasteiger partial charge in [-0.25, -0.2) is 9.98 Å². The molecule has 0 aliphatic heterocycles. The van der Waals surface area contributed by atoms with Crippen LogP contribution < -0.4 is 5.32 Å². The van der Waals surface area contributed by atoms with Gasteiger partial charge in [0.15, 0.2) is 5.84 Å². The number of benzene rings is 2. The lowest BCUT2D eigenvalue weighted by Crippen LogP contribution is -1.96. The second-order valence-corrected chi connectivity index (χ2v) is 6.03. The Morgan fingerprint density at radius 1 is 1.07 bits per heavy atom. The Labute approximate surface area is 166 Å². The molecular formula is C23H23N5. The van der Waals surface area contributed by atoms with E-state index in [9.17, 15) is 0 Å². The molecule has 1 heterocycles. The molecule has 0 fully saturated rings. The van der Waals surface area contributed by atoms with Crippen LogP contribution in [0.15, 0.2) is 77.0 Å². The summed E-state index contributed by atoms with van der Waals surface area (Å²) in [6.45, 7) is 5.61. The van der Waals surface area contributed by atoms with Crippen LogP contribution in [0.3, 0.4) is 0 Å². The van der Waals surface area contributed by atoms with Crippen molar-refractivity contribution in [3.63, 3.8) is 0 Å². The Morgan fingerprint density at radius 2 is 1.82 bits per heavy atom. The molecule has 0 bridgehead atoms. The standard InChI is InChI=1S/C21H16N4.C2H7N/c1-15-11-18(17-6-3-5-16(12-17)13-22)8-9-20(15)25-21(23-2)19-7-4-10-24-14-19;1-3-2/h3-12,14H,2H2,1H3;3H,1-2H3. The van der Waals surface area contributed by atoms with Crippen LogP contribution in [0.25, 0.3) is 11.1 Å². The Hall–Kier alpha value is -3.62. The van der Waals surface area contributed by atoms with Gasteiger partial charge in [0.05, 0.1) is 17.3 Å². The van der Waals surface area contributed by atoms with E-state index in [-0.39, 0.29) is 0 Å². The van der Waals surface area contributed by atoms with Crippen LogP contribution in [0, 0.1) is 18.3 Å². The van der Waals surface area contributed by atoms with Crippen LogP contribution in [0.5, 0.6) is 0 Å². The van der Waals surface area contributed by atoms with Gasteiger partial charge in [0.2, 0.25) is 0 Å².